The average Bonchev–Trinajstić information content (AvgIpc) is 3.08. The number of phenolic OH excluding ortho intramolecular Hbond substituents is 1. The van der Waals surface area contributed by atoms with E-state index in [1.807, 2.05) is 24.3 Å². The van der Waals surface area contributed by atoms with Crippen molar-refractivity contribution < 1.29 is 19.3 Å². The molecule has 0 spiro atoms. The summed E-state index contributed by atoms with van der Waals surface area (Å²) in [4.78, 5) is 0. The zero-order valence-electron chi connectivity index (χ0n) is 28.7. The van der Waals surface area contributed by atoms with Gasteiger partial charge in [-0.05, 0) is 92.3 Å². The first-order valence-corrected chi connectivity index (χ1v) is 17.3. The molecule has 0 saturated heterocycles. The standard InChI is InChI=1S/C42H54O4/c1-7-40(33-19-13-10-14-20-33)44-30(4)27-36-25-26-39(43)38(29-32(6)46-42(9-3)35-23-17-12-18-24-35)37(36)28-31(5)45-41(8-2)34-21-15-11-16-22-34/h10-26,30-32,40-43H,7-9,27-29H2,1-6H3. The first kappa shape index (κ1) is 35.4. The van der Waals surface area contributed by atoms with Crippen molar-refractivity contribution in [2.24, 2.45) is 0 Å². The van der Waals surface area contributed by atoms with E-state index < -0.39 is 0 Å². The molecule has 0 amide bonds. The van der Waals surface area contributed by atoms with E-state index in [-0.39, 0.29) is 36.6 Å². The SMILES string of the molecule is CCC(OC(C)Cc1ccc(O)c(CC(C)OC(CC)c2ccccc2)c1CC(C)OC(CC)c1ccccc1)c1ccccc1. The van der Waals surface area contributed by atoms with Crippen molar-refractivity contribution >= 4 is 0 Å². The zero-order chi connectivity index (χ0) is 32.9. The summed E-state index contributed by atoms with van der Waals surface area (Å²) in [6.45, 7) is 12.9. The smallest absolute Gasteiger partial charge is 0.119 e. The van der Waals surface area contributed by atoms with Crippen LogP contribution >= 0.6 is 0 Å². The summed E-state index contributed by atoms with van der Waals surface area (Å²) >= 11 is 0. The molecule has 0 heterocycles. The van der Waals surface area contributed by atoms with Crippen LogP contribution in [0, 0.1) is 0 Å². The van der Waals surface area contributed by atoms with Crippen molar-refractivity contribution in [3.8, 4) is 5.75 Å². The minimum Gasteiger partial charge on any atom is -0.508 e. The molecule has 0 saturated carbocycles. The van der Waals surface area contributed by atoms with Crippen molar-refractivity contribution in [2.75, 3.05) is 0 Å². The topological polar surface area (TPSA) is 47.9 Å². The first-order chi connectivity index (χ1) is 22.3. The molecular weight excluding hydrogens is 568 g/mol. The van der Waals surface area contributed by atoms with Crippen LogP contribution in [0.5, 0.6) is 5.75 Å². The number of hydrogen-bond donors (Lipinski definition) is 1. The third-order valence-corrected chi connectivity index (χ3v) is 8.81. The maximum absolute atomic E-state index is 11.3. The van der Waals surface area contributed by atoms with Crippen LogP contribution in [0.2, 0.25) is 0 Å². The number of rotatable bonds is 18. The van der Waals surface area contributed by atoms with Crippen molar-refractivity contribution in [2.45, 2.75) is 117 Å². The second kappa shape index (κ2) is 18.0. The Morgan fingerprint density at radius 3 is 1.17 bits per heavy atom. The molecular formula is C42H54O4. The van der Waals surface area contributed by atoms with Crippen LogP contribution in [-0.4, -0.2) is 23.4 Å². The molecule has 0 aliphatic heterocycles. The Kier molecular flexibility index (Phi) is 13.9. The lowest BCUT2D eigenvalue weighted by Gasteiger charge is -2.28. The second-order valence-electron chi connectivity index (χ2n) is 12.6. The highest BCUT2D eigenvalue weighted by atomic mass is 16.5. The van der Waals surface area contributed by atoms with Crippen LogP contribution in [0.4, 0.5) is 0 Å². The Morgan fingerprint density at radius 2 is 0.804 bits per heavy atom. The van der Waals surface area contributed by atoms with E-state index in [1.54, 1.807) is 0 Å². The van der Waals surface area contributed by atoms with Crippen LogP contribution in [0.25, 0.3) is 0 Å². The molecule has 4 aromatic carbocycles. The number of hydrogen-bond acceptors (Lipinski definition) is 4. The predicted octanol–water partition coefficient (Wildman–Crippen LogP) is 10.7. The highest BCUT2D eigenvalue weighted by Gasteiger charge is 2.24. The van der Waals surface area contributed by atoms with Gasteiger partial charge in [-0.15, -0.1) is 0 Å². The maximum Gasteiger partial charge on any atom is 0.119 e. The molecule has 0 aliphatic carbocycles. The van der Waals surface area contributed by atoms with Gasteiger partial charge in [-0.3, -0.25) is 0 Å². The molecule has 4 aromatic rings. The Bertz CT molecular complexity index is 1420. The fourth-order valence-electron chi connectivity index (χ4n) is 6.51. The molecule has 4 heteroatoms. The van der Waals surface area contributed by atoms with Crippen molar-refractivity contribution in [1.82, 2.24) is 0 Å². The highest BCUT2D eigenvalue weighted by molar-refractivity contribution is 5.46. The molecule has 0 bridgehead atoms. The Balaban J connectivity index is 1.59. The van der Waals surface area contributed by atoms with Gasteiger partial charge >= 0.3 is 0 Å². The average molecular weight is 623 g/mol. The molecule has 0 fully saturated rings. The third kappa shape index (κ3) is 10.0. The monoisotopic (exact) mass is 622 g/mol. The second-order valence-corrected chi connectivity index (χ2v) is 12.6. The van der Waals surface area contributed by atoms with Gasteiger partial charge in [0, 0.05) is 6.42 Å². The molecule has 246 valence electrons. The fourth-order valence-corrected chi connectivity index (χ4v) is 6.51. The summed E-state index contributed by atoms with van der Waals surface area (Å²) in [5.41, 5.74) is 6.84. The molecule has 6 atom stereocenters. The van der Waals surface area contributed by atoms with Gasteiger partial charge in [0.15, 0.2) is 0 Å². The van der Waals surface area contributed by atoms with Gasteiger partial charge < -0.3 is 19.3 Å². The molecule has 0 aromatic heterocycles. The van der Waals surface area contributed by atoms with E-state index >= 15 is 0 Å². The van der Waals surface area contributed by atoms with Crippen LogP contribution in [0.1, 0.15) is 112 Å². The van der Waals surface area contributed by atoms with Crippen LogP contribution in [0.3, 0.4) is 0 Å². The normalized spacial score (nSPS) is 15.5. The Morgan fingerprint density at radius 1 is 0.457 bits per heavy atom. The van der Waals surface area contributed by atoms with Gasteiger partial charge in [0.25, 0.3) is 0 Å². The van der Waals surface area contributed by atoms with Gasteiger partial charge in [0.2, 0.25) is 0 Å². The van der Waals surface area contributed by atoms with Gasteiger partial charge in [-0.1, -0.05) is 118 Å². The third-order valence-electron chi connectivity index (χ3n) is 8.81. The van der Waals surface area contributed by atoms with E-state index in [4.69, 9.17) is 14.2 Å². The van der Waals surface area contributed by atoms with Gasteiger partial charge in [-0.2, -0.15) is 0 Å². The van der Waals surface area contributed by atoms with E-state index in [1.165, 1.54) is 22.3 Å². The van der Waals surface area contributed by atoms with Crippen molar-refractivity contribution in [3.05, 3.63) is 137 Å². The summed E-state index contributed by atoms with van der Waals surface area (Å²) in [5.74, 6) is 0.313. The van der Waals surface area contributed by atoms with E-state index in [2.05, 4.69) is 120 Å². The summed E-state index contributed by atoms with van der Waals surface area (Å²) < 4.78 is 19.9. The quantitative estimate of drug-likeness (QED) is 0.120. The maximum atomic E-state index is 11.3. The summed E-state index contributed by atoms with van der Waals surface area (Å²) in [7, 11) is 0. The van der Waals surface area contributed by atoms with Crippen LogP contribution < -0.4 is 0 Å². The highest BCUT2D eigenvalue weighted by Crippen LogP contribution is 2.33. The molecule has 4 nitrogen and oxygen atoms in total. The molecule has 0 aliphatic rings. The lowest BCUT2D eigenvalue weighted by Crippen LogP contribution is -2.22. The first-order valence-electron chi connectivity index (χ1n) is 17.3. The van der Waals surface area contributed by atoms with E-state index in [0.717, 1.165) is 36.8 Å². The number of benzene rings is 4. The summed E-state index contributed by atoms with van der Waals surface area (Å²) in [5, 5.41) is 11.3. The van der Waals surface area contributed by atoms with Crippen LogP contribution in [-0.2, 0) is 33.5 Å². The van der Waals surface area contributed by atoms with Gasteiger partial charge in [0.1, 0.15) is 5.75 Å². The van der Waals surface area contributed by atoms with Crippen LogP contribution in [0.15, 0.2) is 103 Å². The van der Waals surface area contributed by atoms with E-state index in [9.17, 15) is 5.11 Å². The van der Waals surface area contributed by atoms with Crippen molar-refractivity contribution in [1.29, 1.82) is 0 Å². The van der Waals surface area contributed by atoms with Crippen molar-refractivity contribution in [3.63, 3.8) is 0 Å². The molecule has 1 N–H and O–H groups in total. The molecule has 0 radical (unpaired) electrons. The number of ether oxygens (including phenoxy) is 3. The summed E-state index contributed by atoms with van der Waals surface area (Å²) in [6.07, 6.45) is 4.59. The Labute approximate surface area is 277 Å². The van der Waals surface area contributed by atoms with Gasteiger partial charge in [-0.25, -0.2) is 0 Å². The molecule has 46 heavy (non-hydrogen) atoms. The Hall–Kier alpha value is -3.44. The number of phenols is 1. The minimum atomic E-state index is -0.0924. The lowest BCUT2D eigenvalue weighted by molar-refractivity contribution is -0.00963. The zero-order valence-corrected chi connectivity index (χ0v) is 28.7. The number of aromatic hydroxyl groups is 1. The van der Waals surface area contributed by atoms with E-state index in [0.29, 0.717) is 18.6 Å². The molecule has 4 rings (SSSR count). The fraction of sp³-hybridized carbons (Fsp3) is 0.429. The largest absolute Gasteiger partial charge is 0.508 e. The summed E-state index contributed by atoms with van der Waals surface area (Å²) in [6, 6.07) is 35.2. The lowest BCUT2D eigenvalue weighted by atomic mass is 9.89. The molecule has 6 unspecified atom stereocenters. The minimum absolute atomic E-state index is 0.000744. The van der Waals surface area contributed by atoms with Gasteiger partial charge in [0.05, 0.1) is 36.6 Å². The predicted molar refractivity (Wildman–Crippen MR) is 189 cm³/mol.